The van der Waals surface area contributed by atoms with Gasteiger partial charge >= 0.3 is 0 Å². The molecule has 0 aromatic rings. The molecule has 8 heteroatoms. The van der Waals surface area contributed by atoms with Gasteiger partial charge in [0.2, 0.25) is 0 Å². The zero-order valence-electron chi connectivity index (χ0n) is 18.6. The number of ether oxygens (including phenoxy) is 1. The molecule has 2 unspecified atom stereocenters. The van der Waals surface area contributed by atoms with Crippen molar-refractivity contribution in [2.45, 2.75) is 38.8 Å². The first-order valence-electron chi connectivity index (χ1n) is 10.7. The summed E-state index contributed by atoms with van der Waals surface area (Å²) in [6.07, 6.45) is 2.43. The Morgan fingerprint density at radius 2 is 1.75 bits per heavy atom. The molecule has 2 N–H and O–H groups in total. The fourth-order valence-corrected chi connectivity index (χ4v) is 4.29. The molecule has 0 aromatic heterocycles. The molecule has 2 saturated heterocycles. The molecular weight excluding hydrogens is 467 g/mol. The summed E-state index contributed by atoms with van der Waals surface area (Å²) in [4.78, 5) is 11.9. The van der Waals surface area contributed by atoms with Gasteiger partial charge in [0.25, 0.3) is 0 Å². The third-order valence-corrected chi connectivity index (χ3v) is 6.30. The summed E-state index contributed by atoms with van der Waals surface area (Å²) in [5.74, 6) is 1.62. The maximum absolute atomic E-state index is 5.56. The topological polar surface area (TPSA) is 55.4 Å². The number of guanidine groups is 1. The monoisotopic (exact) mass is 510 g/mol. The molecule has 0 amide bonds. The molecule has 2 rings (SSSR count). The number of hydrogen-bond acceptors (Lipinski definition) is 5. The summed E-state index contributed by atoms with van der Waals surface area (Å²) < 4.78 is 5.56. The van der Waals surface area contributed by atoms with E-state index in [1.54, 1.807) is 0 Å². The number of hydrogen-bond donors (Lipinski definition) is 2. The van der Waals surface area contributed by atoms with Crippen molar-refractivity contribution in [2.75, 3.05) is 80.2 Å². The van der Waals surface area contributed by atoms with Gasteiger partial charge in [0.1, 0.15) is 0 Å². The van der Waals surface area contributed by atoms with Crippen molar-refractivity contribution in [3.8, 4) is 0 Å². The number of morpholine rings is 1. The molecule has 28 heavy (non-hydrogen) atoms. The van der Waals surface area contributed by atoms with Crippen molar-refractivity contribution < 1.29 is 4.74 Å². The number of halogens is 1. The second kappa shape index (κ2) is 14.0. The van der Waals surface area contributed by atoms with Crippen molar-refractivity contribution in [2.24, 2.45) is 10.9 Å². The fourth-order valence-electron chi connectivity index (χ4n) is 4.29. The molecular formula is C20H43IN6O. The molecule has 0 aliphatic carbocycles. The summed E-state index contributed by atoms with van der Waals surface area (Å²) in [6.45, 7) is 13.6. The Bertz CT molecular complexity index is 442. The Morgan fingerprint density at radius 3 is 2.36 bits per heavy atom. The zero-order chi connectivity index (χ0) is 19.6. The predicted molar refractivity (Wildman–Crippen MR) is 129 cm³/mol. The van der Waals surface area contributed by atoms with Crippen molar-refractivity contribution in [1.82, 2.24) is 25.3 Å². The van der Waals surface area contributed by atoms with Crippen LogP contribution in [-0.4, -0.2) is 113 Å². The maximum atomic E-state index is 5.56. The summed E-state index contributed by atoms with van der Waals surface area (Å²) in [5, 5.41) is 7.16. The molecule has 0 saturated carbocycles. The van der Waals surface area contributed by atoms with Gasteiger partial charge in [-0.25, -0.2) is 0 Å². The third kappa shape index (κ3) is 7.93. The lowest BCUT2D eigenvalue weighted by Crippen LogP contribution is -2.57. The van der Waals surface area contributed by atoms with Crippen LogP contribution in [0.1, 0.15) is 26.7 Å². The third-order valence-electron chi connectivity index (χ3n) is 6.30. The van der Waals surface area contributed by atoms with E-state index in [2.05, 4.69) is 58.3 Å². The SMILES string of the molecule is CCC(CC)C(CNC(=NC)NCC1CN(C)CCN1C)N1CCOCC1.I. The fraction of sp³-hybridized carbons (Fsp3) is 0.950. The Labute approximate surface area is 189 Å². The number of rotatable bonds is 8. The lowest BCUT2D eigenvalue weighted by Gasteiger charge is -2.39. The van der Waals surface area contributed by atoms with Crippen LogP contribution in [0.2, 0.25) is 0 Å². The summed E-state index contributed by atoms with van der Waals surface area (Å²) in [5.41, 5.74) is 0. The van der Waals surface area contributed by atoms with Gasteiger partial charge in [0, 0.05) is 64.9 Å². The number of likely N-dealkylation sites (N-methyl/N-ethyl adjacent to an activating group) is 2. The number of piperazine rings is 1. The van der Waals surface area contributed by atoms with Crippen molar-refractivity contribution >= 4 is 29.9 Å². The number of nitrogens with one attached hydrogen (secondary N) is 2. The minimum Gasteiger partial charge on any atom is -0.379 e. The van der Waals surface area contributed by atoms with E-state index < -0.39 is 0 Å². The Morgan fingerprint density at radius 1 is 1.07 bits per heavy atom. The number of nitrogens with zero attached hydrogens (tertiary/aromatic N) is 4. The van der Waals surface area contributed by atoms with Crippen LogP contribution >= 0.6 is 24.0 Å². The minimum absolute atomic E-state index is 0. The molecule has 0 aromatic carbocycles. The maximum Gasteiger partial charge on any atom is 0.191 e. The van der Waals surface area contributed by atoms with Crippen LogP contribution < -0.4 is 10.6 Å². The van der Waals surface area contributed by atoms with Gasteiger partial charge in [-0.2, -0.15) is 0 Å². The molecule has 0 spiro atoms. The minimum atomic E-state index is 0. The molecule has 7 nitrogen and oxygen atoms in total. The van der Waals surface area contributed by atoms with Crippen molar-refractivity contribution in [3.05, 3.63) is 0 Å². The average molecular weight is 511 g/mol. The van der Waals surface area contributed by atoms with Crippen LogP contribution in [0.4, 0.5) is 0 Å². The molecule has 166 valence electrons. The lowest BCUT2D eigenvalue weighted by atomic mass is 9.92. The first-order chi connectivity index (χ1) is 13.1. The molecule has 2 aliphatic heterocycles. The van der Waals surface area contributed by atoms with Crippen LogP contribution in [0.25, 0.3) is 0 Å². The highest BCUT2D eigenvalue weighted by Crippen LogP contribution is 2.19. The number of aliphatic imine (C=N–C) groups is 1. The van der Waals surface area contributed by atoms with Crippen LogP contribution in [0.3, 0.4) is 0 Å². The smallest absolute Gasteiger partial charge is 0.191 e. The standard InChI is InChI=1S/C20H42N6O.HI/c1-6-17(7-2)19(26-10-12-27-13-11-26)15-23-20(21-3)22-14-18-16-24(4)8-9-25(18)5;/h17-19H,6-16H2,1-5H3,(H2,21,22,23);1H. The van der Waals surface area contributed by atoms with E-state index in [9.17, 15) is 0 Å². The molecule has 2 aliphatic rings. The quantitative estimate of drug-likeness (QED) is 0.291. The molecule has 2 heterocycles. The first kappa shape index (κ1) is 25.9. The van der Waals surface area contributed by atoms with Gasteiger partial charge in [0.05, 0.1) is 13.2 Å². The molecule has 2 atom stereocenters. The van der Waals surface area contributed by atoms with E-state index >= 15 is 0 Å². The Hall–Kier alpha value is -0.160. The highest BCUT2D eigenvalue weighted by atomic mass is 127. The Kier molecular flexibility index (Phi) is 12.9. The summed E-state index contributed by atoms with van der Waals surface area (Å²) in [6, 6.07) is 1.06. The molecule has 2 fully saturated rings. The van der Waals surface area contributed by atoms with Crippen LogP contribution in [0, 0.1) is 5.92 Å². The van der Waals surface area contributed by atoms with Crippen molar-refractivity contribution in [1.29, 1.82) is 0 Å². The molecule has 0 radical (unpaired) electrons. The van der Waals surface area contributed by atoms with E-state index in [4.69, 9.17) is 4.74 Å². The van der Waals surface area contributed by atoms with Gasteiger partial charge in [-0.3, -0.25) is 14.8 Å². The summed E-state index contributed by atoms with van der Waals surface area (Å²) >= 11 is 0. The second-order valence-electron chi connectivity index (χ2n) is 8.02. The van der Waals surface area contributed by atoms with E-state index in [0.717, 1.165) is 65.0 Å². The van der Waals surface area contributed by atoms with Gasteiger partial charge < -0.3 is 20.3 Å². The van der Waals surface area contributed by atoms with Crippen LogP contribution in [0.5, 0.6) is 0 Å². The van der Waals surface area contributed by atoms with Gasteiger partial charge in [-0.05, 0) is 20.0 Å². The normalized spacial score (nSPS) is 24.1. The highest BCUT2D eigenvalue weighted by molar-refractivity contribution is 14.0. The lowest BCUT2D eigenvalue weighted by molar-refractivity contribution is 0.00271. The van der Waals surface area contributed by atoms with Gasteiger partial charge in [-0.15, -0.1) is 24.0 Å². The van der Waals surface area contributed by atoms with E-state index in [1.165, 1.54) is 12.8 Å². The largest absolute Gasteiger partial charge is 0.379 e. The Balaban J connectivity index is 0.00000392. The zero-order valence-corrected chi connectivity index (χ0v) is 20.9. The van der Waals surface area contributed by atoms with E-state index in [0.29, 0.717) is 18.0 Å². The highest BCUT2D eigenvalue weighted by Gasteiger charge is 2.27. The van der Waals surface area contributed by atoms with Crippen molar-refractivity contribution in [3.63, 3.8) is 0 Å². The first-order valence-corrected chi connectivity index (χ1v) is 10.7. The van der Waals surface area contributed by atoms with Gasteiger partial charge in [0.15, 0.2) is 5.96 Å². The van der Waals surface area contributed by atoms with E-state index in [1.807, 2.05) is 7.05 Å². The summed E-state index contributed by atoms with van der Waals surface area (Å²) in [7, 11) is 6.29. The average Bonchev–Trinajstić information content (AvgIpc) is 2.70. The van der Waals surface area contributed by atoms with Crippen LogP contribution in [0.15, 0.2) is 4.99 Å². The van der Waals surface area contributed by atoms with Crippen LogP contribution in [-0.2, 0) is 4.74 Å². The predicted octanol–water partition coefficient (Wildman–Crippen LogP) is 1.15. The van der Waals surface area contributed by atoms with Gasteiger partial charge in [-0.1, -0.05) is 26.7 Å². The second-order valence-corrected chi connectivity index (χ2v) is 8.02. The molecule has 0 bridgehead atoms. The van der Waals surface area contributed by atoms with E-state index in [-0.39, 0.29) is 24.0 Å².